The molecule has 1 saturated heterocycles. The lowest BCUT2D eigenvalue weighted by Gasteiger charge is -2.34. The maximum absolute atomic E-state index is 13.0. The van der Waals surface area contributed by atoms with Crippen LogP contribution in [0, 0.1) is 0 Å². The summed E-state index contributed by atoms with van der Waals surface area (Å²) < 4.78 is 44.0. The highest BCUT2D eigenvalue weighted by molar-refractivity contribution is 7.17. The molecule has 3 aromatic carbocycles. The van der Waals surface area contributed by atoms with Crippen LogP contribution in [-0.4, -0.2) is 51.3 Å². The number of hydrogen-bond acceptors (Lipinski definition) is 8. The third-order valence-corrected chi connectivity index (χ3v) is 11.0. The third-order valence-electron chi connectivity index (χ3n) is 9.83. The molecule has 2 N–H and O–H groups in total. The number of aromatic nitrogens is 4. The predicted molar refractivity (Wildman–Crippen MR) is 221 cm³/mol. The summed E-state index contributed by atoms with van der Waals surface area (Å²) in [5.41, 5.74) is 7.35. The number of carbonyl (C=O) groups excluding carboxylic acids is 1. The van der Waals surface area contributed by atoms with Crippen molar-refractivity contribution in [2.45, 2.75) is 51.4 Å². The zero-order valence-electron chi connectivity index (χ0n) is 31.2. The summed E-state index contributed by atoms with van der Waals surface area (Å²) in [4.78, 5) is 28.4. The number of alkyl halides is 3. The SMILES string of the molecule is CCc1nc2ccc(Cl)cn2c1C(=O)NCc1ccc(N2CCC(c3ccc(OC(F)(F)F)cc3)CC2)cc1.c1ccc(CCNc2ncnc3ccsc23)cc1. The average Bonchev–Trinajstić information content (AvgIpc) is 3.86. The van der Waals surface area contributed by atoms with E-state index in [1.54, 1.807) is 52.5 Å². The molecule has 8 rings (SSSR count). The summed E-state index contributed by atoms with van der Waals surface area (Å²) in [5.74, 6) is 0.823. The molecule has 4 aromatic heterocycles. The normalized spacial score (nSPS) is 13.3. The van der Waals surface area contributed by atoms with E-state index in [-0.39, 0.29) is 17.6 Å². The molecule has 57 heavy (non-hydrogen) atoms. The number of imidazole rings is 1. The molecule has 0 bridgehead atoms. The van der Waals surface area contributed by atoms with Crippen LogP contribution in [0.1, 0.15) is 58.6 Å². The molecule has 9 nitrogen and oxygen atoms in total. The van der Waals surface area contributed by atoms with Crippen LogP contribution in [0.4, 0.5) is 24.7 Å². The van der Waals surface area contributed by atoms with Gasteiger partial charge >= 0.3 is 6.36 Å². The maximum atomic E-state index is 13.0. The van der Waals surface area contributed by atoms with Crippen molar-refractivity contribution in [3.8, 4) is 5.75 Å². The van der Waals surface area contributed by atoms with Crippen LogP contribution in [0.2, 0.25) is 5.02 Å². The molecule has 7 aromatic rings. The Balaban J connectivity index is 0.000000229. The van der Waals surface area contributed by atoms with E-state index in [4.69, 9.17) is 11.6 Å². The Hall–Kier alpha value is -5.66. The number of halogens is 4. The van der Waals surface area contributed by atoms with Gasteiger partial charge in [-0.2, -0.15) is 0 Å². The number of rotatable bonds is 11. The number of amides is 1. The summed E-state index contributed by atoms with van der Waals surface area (Å²) in [5, 5.41) is 8.96. The Morgan fingerprint density at radius 3 is 2.40 bits per heavy atom. The van der Waals surface area contributed by atoms with Crippen molar-refractivity contribution in [1.82, 2.24) is 24.7 Å². The number of anilines is 2. The standard InChI is InChI=1S/C29H28ClF3N4O2.C14H13N3S/c1-2-25-27(37-18-22(30)7-12-26(37)35-25)28(38)34-17-19-3-8-23(9-4-19)36-15-13-21(14-16-36)20-5-10-24(11-6-20)39-29(31,32)33;1-2-4-11(5-3-1)6-8-15-14-13-12(7-9-18-13)16-10-17-14/h3-12,18,21H,2,13-17H2,1H3,(H,34,38);1-5,7,9-10H,6,8H2,(H,15,16,17). The minimum atomic E-state index is -4.68. The highest BCUT2D eigenvalue weighted by Crippen LogP contribution is 2.33. The van der Waals surface area contributed by atoms with Gasteiger partial charge < -0.3 is 20.3 Å². The van der Waals surface area contributed by atoms with E-state index in [1.807, 2.05) is 36.6 Å². The number of pyridine rings is 1. The van der Waals surface area contributed by atoms with Crippen molar-refractivity contribution in [3.63, 3.8) is 0 Å². The molecule has 0 radical (unpaired) electrons. The van der Waals surface area contributed by atoms with E-state index >= 15 is 0 Å². The molecule has 1 amide bonds. The van der Waals surface area contributed by atoms with Crippen molar-refractivity contribution in [3.05, 3.63) is 148 Å². The molecule has 0 saturated carbocycles. The third kappa shape index (κ3) is 10.2. The van der Waals surface area contributed by atoms with Gasteiger partial charge in [-0.3, -0.25) is 9.20 Å². The van der Waals surface area contributed by atoms with Crippen molar-refractivity contribution >= 4 is 56.2 Å². The van der Waals surface area contributed by atoms with Gasteiger partial charge in [0.25, 0.3) is 5.91 Å². The summed E-state index contributed by atoms with van der Waals surface area (Å²) in [7, 11) is 0. The Morgan fingerprint density at radius 1 is 0.930 bits per heavy atom. The van der Waals surface area contributed by atoms with Crippen LogP contribution in [0.3, 0.4) is 0 Å². The van der Waals surface area contributed by atoms with E-state index in [9.17, 15) is 18.0 Å². The molecule has 14 heteroatoms. The van der Waals surface area contributed by atoms with Gasteiger partial charge in [0.15, 0.2) is 0 Å². The number of ether oxygens (including phenoxy) is 1. The van der Waals surface area contributed by atoms with E-state index in [0.717, 1.165) is 77.4 Å². The number of nitrogens with zero attached hydrogens (tertiary/aromatic N) is 5. The van der Waals surface area contributed by atoms with Gasteiger partial charge in [-0.15, -0.1) is 24.5 Å². The second-order valence-electron chi connectivity index (χ2n) is 13.6. The largest absolute Gasteiger partial charge is 0.573 e. The summed E-state index contributed by atoms with van der Waals surface area (Å²) >= 11 is 7.81. The van der Waals surface area contributed by atoms with Crippen molar-refractivity contribution in [2.24, 2.45) is 0 Å². The zero-order chi connectivity index (χ0) is 39.8. The number of hydrogen-bond donors (Lipinski definition) is 2. The van der Waals surface area contributed by atoms with Gasteiger partial charge in [-0.1, -0.05) is 73.1 Å². The minimum Gasteiger partial charge on any atom is -0.406 e. The van der Waals surface area contributed by atoms with Crippen molar-refractivity contribution in [1.29, 1.82) is 0 Å². The summed E-state index contributed by atoms with van der Waals surface area (Å²) in [6.45, 7) is 4.92. The number of thiophene rings is 1. The number of aryl methyl sites for hydroxylation is 1. The fraction of sp³-hybridized carbons (Fsp3) is 0.256. The van der Waals surface area contributed by atoms with Gasteiger partial charge in [0, 0.05) is 38.1 Å². The van der Waals surface area contributed by atoms with Crippen LogP contribution in [0.25, 0.3) is 15.9 Å². The highest BCUT2D eigenvalue weighted by Gasteiger charge is 2.31. The average molecular weight is 812 g/mol. The first kappa shape index (κ1) is 39.6. The van der Waals surface area contributed by atoms with Crippen LogP contribution in [-0.2, 0) is 19.4 Å². The molecule has 1 aliphatic heterocycles. The number of benzene rings is 3. The van der Waals surface area contributed by atoms with Crippen molar-refractivity contribution in [2.75, 3.05) is 29.9 Å². The lowest BCUT2D eigenvalue weighted by Crippen LogP contribution is -2.32. The Morgan fingerprint density at radius 2 is 1.68 bits per heavy atom. The molecular weight excluding hydrogens is 771 g/mol. The van der Waals surface area contributed by atoms with E-state index < -0.39 is 6.36 Å². The van der Waals surface area contributed by atoms with Gasteiger partial charge in [0.1, 0.15) is 29.2 Å². The smallest absolute Gasteiger partial charge is 0.406 e. The number of fused-ring (bicyclic) bond motifs is 2. The lowest BCUT2D eigenvalue weighted by atomic mass is 9.89. The molecular formula is C43H41ClF3N7O2S. The molecule has 0 spiro atoms. The Kier molecular flexibility index (Phi) is 12.5. The van der Waals surface area contributed by atoms with Gasteiger partial charge in [-0.05, 0) is 96.1 Å². The first-order chi connectivity index (χ1) is 27.6. The number of nitrogens with one attached hydrogen (secondary N) is 2. The maximum Gasteiger partial charge on any atom is 0.573 e. The molecule has 1 aliphatic rings. The first-order valence-electron chi connectivity index (χ1n) is 18.7. The monoisotopic (exact) mass is 811 g/mol. The van der Waals surface area contributed by atoms with Crippen LogP contribution in [0.5, 0.6) is 5.75 Å². The molecule has 294 valence electrons. The van der Waals surface area contributed by atoms with Crippen LogP contribution < -0.4 is 20.3 Å². The number of carbonyl (C=O) groups is 1. The van der Waals surface area contributed by atoms with Gasteiger partial charge in [0.2, 0.25) is 0 Å². The van der Waals surface area contributed by atoms with Gasteiger partial charge in [0.05, 0.1) is 20.9 Å². The molecule has 1 fully saturated rings. The van der Waals surface area contributed by atoms with Crippen LogP contribution >= 0.6 is 22.9 Å². The quantitative estimate of drug-likeness (QED) is 0.134. The van der Waals surface area contributed by atoms with E-state index in [2.05, 4.69) is 71.6 Å². The zero-order valence-corrected chi connectivity index (χ0v) is 32.7. The topological polar surface area (TPSA) is 96.7 Å². The predicted octanol–water partition coefficient (Wildman–Crippen LogP) is 10.1. The van der Waals surface area contributed by atoms with Crippen molar-refractivity contribution < 1.29 is 22.7 Å². The molecule has 0 aliphatic carbocycles. The fourth-order valence-corrected chi connectivity index (χ4v) is 7.91. The minimum absolute atomic E-state index is 0.200. The van der Waals surface area contributed by atoms with E-state index in [0.29, 0.717) is 29.3 Å². The first-order valence-corrected chi connectivity index (χ1v) is 20.0. The second kappa shape index (κ2) is 18.1. The van der Waals surface area contributed by atoms with Gasteiger partial charge in [-0.25, -0.2) is 15.0 Å². The van der Waals surface area contributed by atoms with E-state index in [1.165, 1.54) is 17.7 Å². The molecule has 0 unspecified atom stereocenters. The fourth-order valence-electron chi connectivity index (χ4n) is 6.94. The van der Waals surface area contributed by atoms with Crippen LogP contribution in [0.15, 0.2) is 115 Å². The lowest BCUT2D eigenvalue weighted by molar-refractivity contribution is -0.274. The molecule has 5 heterocycles. The highest BCUT2D eigenvalue weighted by atomic mass is 35.5. The molecule has 0 atom stereocenters. The summed E-state index contributed by atoms with van der Waals surface area (Å²) in [6, 6.07) is 30.3. The second-order valence-corrected chi connectivity index (χ2v) is 14.9. The number of piperidine rings is 1. The Bertz CT molecular complexity index is 2400. The Labute approximate surface area is 337 Å². The summed E-state index contributed by atoms with van der Waals surface area (Å²) in [6.07, 6.45) is 2.06.